The van der Waals surface area contributed by atoms with Gasteiger partial charge in [0.25, 0.3) is 0 Å². The molecule has 0 fully saturated rings. The Bertz CT molecular complexity index is 1220. The molecule has 0 bridgehead atoms. The molecule has 0 amide bonds. The van der Waals surface area contributed by atoms with Gasteiger partial charge in [0, 0.05) is 22.8 Å². The number of hydrogen-bond acceptors (Lipinski definition) is 5. The van der Waals surface area contributed by atoms with E-state index in [0.717, 1.165) is 18.4 Å². The van der Waals surface area contributed by atoms with Crippen LogP contribution in [0.1, 0.15) is 48.5 Å². The molecule has 186 valence electrons. The van der Waals surface area contributed by atoms with Crippen molar-refractivity contribution >= 4 is 17.3 Å². The lowest BCUT2D eigenvalue weighted by Crippen LogP contribution is -2.22. The van der Waals surface area contributed by atoms with Crippen LogP contribution in [0.4, 0.5) is 0 Å². The van der Waals surface area contributed by atoms with Crippen LogP contribution in [0.15, 0.2) is 91.0 Å². The van der Waals surface area contributed by atoms with Crippen LogP contribution >= 0.6 is 11.3 Å². The van der Waals surface area contributed by atoms with Gasteiger partial charge in [0.1, 0.15) is 6.10 Å². The summed E-state index contributed by atoms with van der Waals surface area (Å²) in [5.41, 5.74) is 5.55. The summed E-state index contributed by atoms with van der Waals surface area (Å²) in [6, 6.07) is 31.2. The molecule has 1 unspecified atom stereocenters. The van der Waals surface area contributed by atoms with Crippen LogP contribution in [0.2, 0.25) is 0 Å². The van der Waals surface area contributed by atoms with Gasteiger partial charge in [0.2, 0.25) is 0 Å². The van der Waals surface area contributed by atoms with Crippen molar-refractivity contribution in [2.75, 3.05) is 13.7 Å². The third-order valence-corrected chi connectivity index (χ3v) is 7.22. The van der Waals surface area contributed by atoms with Crippen molar-refractivity contribution in [3.63, 3.8) is 0 Å². The number of rotatable bonds is 12. The molecule has 0 radical (unpaired) electrons. The first-order valence-electron chi connectivity index (χ1n) is 12.3. The number of benzene rings is 3. The maximum absolute atomic E-state index is 11.6. The molecule has 0 spiro atoms. The molecule has 1 N–H and O–H groups in total. The molecular weight excluding hydrogens is 466 g/mol. The molecular formula is C31H33NO3S. The minimum atomic E-state index is -0.319. The molecule has 5 heteroatoms. The monoisotopic (exact) mass is 499 g/mol. The zero-order valence-corrected chi connectivity index (χ0v) is 21.7. The number of ether oxygens (including phenoxy) is 2. The van der Waals surface area contributed by atoms with E-state index in [1.54, 1.807) is 23.5 Å². The summed E-state index contributed by atoms with van der Waals surface area (Å²) in [5, 5.41) is 3.52. The SMILES string of the molecule is COC(=O)c1ccc(CNCC(OCc2ccc(CCc3ccccc3)cc2)c2ccc(C)s2)cc1. The summed E-state index contributed by atoms with van der Waals surface area (Å²) in [5.74, 6) is -0.319. The number of hydrogen-bond donors (Lipinski definition) is 1. The largest absolute Gasteiger partial charge is 0.465 e. The number of carbonyl (C=O) groups excluding carboxylic acids is 1. The Hall–Kier alpha value is -3.25. The van der Waals surface area contributed by atoms with Gasteiger partial charge in [0.05, 0.1) is 19.3 Å². The molecule has 1 heterocycles. The van der Waals surface area contributed by atoms with E-state index in [2.05, 4.69) is 79.0 Å². The van der Waals surface area contributed by atoms with E-state index in [4.69, 9.17) is 9.47 Å². The predicted octanol–water partition coefficient (Wildman–Crippen LogP) is 6.68. The highest BCUT2D eigenvalue weighted by Crippen LogP contribution is 2.26. The van der Waals surface area contributed by atoms with Crippen molar-refractivity contribution in [3.8, 4) is 0 Å². The molecule has 0 aliphatic heterocycles. The zero-order chi connectivity index (χ0) is 25.2. The van der Waals surface area contributed by atoms with Crippen LogP contribution in [0, 0.1) is 6.92 Å². The molecule has 36 heavy (non-hydrogen) atoms. The van der Waals surface area contributed by atoms with Crippen molar-refractivity contribution in [2.24, 2.45) is 0 Å². The molecule has 4 nitrogen and oxygen atoms in total. The summed E-state index contributed by atoms with van der Waals surface area (Å²) < 4.78 is 11.2. The average Bonchev–Trinajstić information content (AvgIpc) is 3.36. The van der Waals surface area contributed by atoms with Gasteiger partial charge >= 0.3 is 5.97 Å². The molecule has 0 aliphatic carbocycles. The fraction of sp³-hybridized carbons (Fsp3) is 0.258. The summed E-state index contributed by atoms with van der Waals surface area (Å²) in [4.78, 5) is 14.1. The first-order valence-corrected chi connectivity index (χ1v) is 13.1. The maximum atomic E-state index is 11.6. The Kier molecular flexibility index (Phi) is 9.45. The maximum Gasteiger partial charge on any atom is 0.337 e. The van der Waals surface area contributed by atoms with Gasteiger partial charge in [-0.15, -0.1) is 11.3 Å². The van der Waals surface area contributed by atoms with Gasteiger partial charge in [-0.25, -0.2) is 4.79 Å². The number of aryl methyl sites for hydroxylation is 3. The Morgan fingerprint density at radius 2 is 1.44 bits per heavy atom. The average molecular weight is 500 g/mol. The summed E-state index contributed by atoms with van der Waals surface area (Å²) in [7, 11) is 1.39. The molecule has 4 aromatic rings. The number of methoxy groups -OCH3 is 1. The van der Waals surface area contributed by atoms with E-state index in [-0.39, 0.29) is 12.1 Å². The van der Waals surface area contributed by atoms with Crippen LogP contribution in [-0.4, -0.2) is 19.6 Å². The second-order valence-electron chi connectivity index (χ2n) is 8.87. The first kappa shape index (κ1) is 25.8. The van der Waals surface area contributed by atoms with Crippen molar-refractivity contribution in [3.05, 3.63) is 129 Å². The highest BCUT2D eigenvalue weighted by Gasteiger charge is 2.15. The summed E-state index contributed by atoms with van der Waals surface area (Å²) in [6.45, 7) is 4.08. The molecule has 0 aliphatic rings. The van der Waals surface area contributed by atoms with Gasteiger partial charge in [-0.1, -0.05) is 66.7 Å². The van der Waals surface area contributed by atoms with E-state index in [1.807, 2.05) is 12.1 Å². The summed E-state index contributed by atoms with van der Waals surface area (Å²) >= 11 is 1.78. The lowest BCUT2D eigenvalue weighted by molar-refractivity contribution is 0.0419. The topological polar surface area (TPSA) is 47.6 Å². The Labute approximate surface area is 217 Å². The van der Waals surface area contributed by atoms with E-state index in [9.17, 15) is 4.79 Å². The number of nitrogens with one attached hydrogen (secondary N) is 1. The molecule has 0 saturated heterocycles. The molecule has 4 rings (SSSR count). The second-order valence-corrected chi connectivity index (χ2v) is 10.2. The number of carbonyl (C=O) groups is 1. The third kappa shape index (κ3) is 7.62. The molecule has 0 saturated carbocycles. The minimum Gasteiger partial charge on any atom is -0.465 e. The van der Waals surface area contributed by atoms with Gasteiger partial charge in [-0.2, -0.15) is 0 Å². The third-order valence-electron chi connectivity index (χ3n) is 6.13. The predicted molar refractivity (Wildman–Crippen MR) is 146 cm³/mol. The van der Waals surface area contributed by atoms with Gasteiger partial charge in [-0.3, -0.25) is 0 Å². The van der Waals surface area contributed by atoms with Gasteiger partial charge < -0.3 is 14.8 Å². The Morgan fingerprint density at radius 1 is 0.806 bits per heavy atom. The smallest absolute Gasteiger partial charge is 0.337 e. The van der Waals surface area contributed by atoms with Crippen molar-refractivity contribution in [1.82, 2.24) is 5.32 Å². The van der Waals surface area contributed by atoms with Crippen molar-refractivity contribution in [1.29, 1.82) is 0 Å². The molecule has 1 atom stereocenters. The van der Waals surface area contributed by atoms with Crippen LogP contribution in [0.25, 0.3) is 0 Å². The highest BCUT2D eigenvalue weighted by molar-refractivity contribution is 7.12. The fourth-order valence-corrected chi connectivity index (χ4v) is 4.95. The first-order chi connectivity index (χ1) is 17.6. The van der Waals surface area contributed by atoms with Crippen molar-refractivity contribution < 1.29 is 14.3 Å². The van der Waals surface area contributed by atoms with Gasteiger partial charge in [-0.05, 0) is 66.3 Å². The summed E-state index contributed by atoms with van der Waals surface area (Å²) in [6.07, 6.45) is 2.05. The van der Waals surface area contributed by atoms with Crippen LogP contribution in [-0.2, 0) is 35.5 Å². The lowest BCUT2D eigenvalue weighted by Gasteiger charge is -2.18. The quantitative estimate of drug-likeness (QED) is 0.221. The highest BCUT2D eigenvalue weighted by atomic mass is 32.1. The Morgan fingerprint density at radius 3 is 2.08 bits per heavy atom. The van der Waals surface area contributed by atoms with Crippen LogP contribution in [0.3, 0.4) is 0 Å². The lowest BCUT2D eigenvalue weighted by atomic mass is 10.0. The van der Waals surface area contributed by atoms with Crippen LogP contribution < -0.4 is 5.32 Å². The normalized spacial score (nSPS) is 11.8. The van der Waals surface area contributed by atoms with E-state index < -0.39 is 0 Å². The van der Waals surface area contributed by atoms with E-state index >= 15 is 0 Å². The fourth-order valence-electron chi connectivity index (χ4n) is 4.02. The minimum absolute atomic E-state index is 0.0317. The van der Waals surface area contributed by atoms with E-state index in [1.165, 1.54) is 33.6 Å². The Balaban J connectivity index is 1.30. The van der Waals surface area contributed by atoms with Crippen LogP contribution in [0.5, 0.6) is 0 Å². The molecule has 3 aromatic carbocycles. The number of esters is 1. The second kappa shape index (κ2) is 13.2. The van der Waals surface area contributed by atoms with Gasteiger partial charge in [0.15, 0.2) is 0 Å². The van der Waals surface area contributed by atoms with Crippen molar-refractivity contribution in [2.45, 2.75) is 39.0 Å². The molecule has 1 aromatic heterocycles. The number of thiophene rings is 1. The van der Waals surface area contributed by atoms with E-state index in [0.29, 0.717) is 25.3 Å². The standard InChI is InChI=1S/C31H33NO3S/c1-23-8-19-30(36-23)29(21-32-20-26-15-17-28(18-16-26)31(33)34-2)35-22-27-13-11-25(12-14-27)10-9-24-6-4-3-5-7-24/h3-8,11-19,29,32H,9-10,20-22H2,1-2H3. The zero-order valence-electron chi connectivity index (χ0n) is 20.9.